The fourth-order valence-electron chi connectivity index (χ4n) is 1.16. The van der Waals surface area contributed by atoms with Crippen molar-refractivity contribution in [1.82, 2.24) is 0 Å². The molecule has 0 aromatic heterocycles. The minimum absolute atomic E-state index is 0.293. The van der Waals surface area contributed by atoms with E-state index in [1.807, 2.05) is 0 Å². The summed E-state index contributed by atoms with van der Waals surface area (Å²) in [5.41, 5.74) is 0.535. The Morgan fingerprint density at radius 1 is 1.38 bits per heavy atom. The highest BCUT2D eigenvalue weighted by atomic mass is 16.5. The lowest BCUT2D eigenvalue weighted by Crippen LogP contribution is -2.05. The van der Waals surface area contributed by atoms with Crippen molar-refractivity contribution in [2.45, 2.75) is 19.8 Å². The first-order valence-corrected chi connectivity index (χ1v) is 5.32. The van der Waals surface area contributed by atoms with Crippen molar-refractivity contribution in [3.63, 3.8) is 0 Å². The Morgan fingerprint density at radius 2 is 2.06 bits per heavy atom. The standard InChI is InChI=1S/C13H16O3/c1-3-5-10-16-13(14)11-6-8-12(9-7-11)15-4-2/h4,6-9H,2-3,5,10H2,1H3. The molecule has 0 spiro atoms. The molecule has 1 aromatic rings. The lowest BCUT2D eigenvalue weighted by Gasteiger charge is -2.04. The average molecular weight is 220 g/mol. The number of benzene rings is 1. The van der Waals surface area contributed by atoms with Gasteiger partial charge < -0.3 is 9.47 Å². The van der Waals surface area contributed by atoms with Crippen LogP contribution in [0.5, 0.6) is 5.75 Å². The van der Waals surface area contributed by atoms with E-state index >= 15 is 0 Å². The van der Waals surface area contributed by atoms with Crippen LogP contribution in [-0.4, -0.2) is 12.6 Å². The summed E-state index contributed by atoms with van der Waals surface area (Å²) in [6.45, 7) is 5.97. The third-order valence-electron chi connectivity index (χ3n) is 2.04. The van der Waals surface area contributed by atoms with Gasteiger partial charge in [0.15, 0.2) is 0 Å². The predicted octanol–water partition coefficient (Wildman–Crippen LogP) is 3.17. The molecule has 0 fully saturated rings. The molecular weight excluding hydrogens is 204 g/mol. The van der Waals surface area contributed by atoms with Gasteiger partial charge in [0, 0.05) is 0 Å². The molecule has 0 bridgehead atoms. The van der Waals surface area contributed by atoms with Crippen LogP contribution in [0.4, 0.5) is 0 Å². The molecule has 86 valence electrons. The van der Waals surface area contributed by atoms with Crippen molar-refractivity contribution < 1.29 is 14.3 Å². The molecule has 16 heavy (non-hydrogen) atoms. The monoisotopic (exact) mass is 220 g/mol. The Kier molecular flexibility index (Phi) is 5.12. The SMILES string of the molecule is C=COc1ccc(C(=O)OCCCC)cc1. The summed E-state index contributed by atoms with van der Waals surface area (Å²) in [5, 5.41) is 0. The number of unbranched alkanes of at least 4 members (excludes halogenated alkanes) is 1. The van der Waals surface area contributed by atoms with Gasteiger partial charge in [0.25, 0.3) is 0 Å². The van der Waals surface area contributed by atoms with E-state index in [1.54, 1.807) is 24.3 Å². The maximum atomic E-state index is 11.5. The highest BCUT2D eigenvalue weighted by molar-refractivity contribution is 5.89. The smallest absolute Gasteiger partial charge is 0.338 e. The Labute approximate surface area is 95.7 Å². The van der Waals surface area contributed by atoms with Crippen LogP contribution in [-0.2, 0) is 4.74 Å². The van der Waals surface area contributed by atoms with E-state index in [0.717, 1.165) is 12.8 Å². The van der Waals surface area contributed by atoms with Crippen molar-refractivity contribution in [3.05, 3.63) is 42.7 Å². The summed E-state index contributed by atoms with van der Waals surface area (Å²) in [6, 6.07) is 6.76. The van der Waals surface area contributed by atoms with Crippen LogP contribution >= 0.6 is 0 Å². The highest BCUT2D eigenvalue weighted by Crippen LogP contribution is 2.13. The Morgan fingerprint density at radius 3 is 2.62 bits per heavy atom. The van der Waals surface area contributed by atoms with Crippen LogP contribution in [0.15, 0.2) is 37.1 Å². The van der Waals surface area contributed by atoms with E-state index in [-0.39, 0.29) is 5.97 Å². The molecule has 0 unspecified atom stereocenters. The van der Waals surface area contributed by atoms with E-state index in [4.69, 9.17) is 9.47 Å². The van der Waals surface area contributed by atoms with Gasteiger partial charge in [-0.25, -0.2) is 4.79 Å². The van der Waals surface area contributed by atoms with Gasteiger partial charge in [-0.2, -0.15) is 0 Å². The van der Waals surface area contributed by atoms with E-state index in [2.05, 4.69) is 13.5 Å². The van der Waals surface area contributed by atoms with Gasteiger partial charge in [0.1, 0.15) is 5.75 Å². The second kappa shape index (κ2) is 6.67. The topological polar surface area (TPSA) is 35.5 Å². The van der Waals surface area contributed by atoms with Gasteiger partial charge >= 0.3 is 5.97 Å². The first-order chi connectivity index (χ1) is 7.77. The number of hydrogen-bond donors (Lipinski definition) is 0. The molecule has 0 aliphatic heterocycles. The van der Waals surface area contributed by atoms with Crippen molar-refractivity contribution in [2.24, 2.45) is 0 Å². The van der Waals surface area contributed by atoms with Crippen LogP contribution in [0.2, 0.25) is 0 Å². The molecule has 0 aliphatic rings. The molecule has 1 aromatic carbocycles. The van der Waals surface area contributed by atoms with Crippen molar-refractivity contribution in [3.8, 4) is 5.75 Å². The first-order valence-electron chi connectivity index (χ1n) is 5.32. The highest BCUT2D eigenvalue weighted by Gasteiger charge is 2.06. The number of rotatable bonds is 6. The van der Waals surface area contributed by atoms with Gasteiger partial charge in [-0.3, -0.25) is 0 Å². The lowest BCUT2D eigenvalue weighted by atomic mass is 10.2. The van der Waals surface area contributed by atoms with Gasteiger partial charge in [0.2, 0.25) is 0 Å². The average Bonchev–Trinajstić information content (AvgIpc) is 2.30. The number of esters is 1. The number of carbonyl (C=O) groups excluding carboxylic acids is 1. The molecule has 0 aliphatic carbocycles. The quantitative estimate of drug-likeness (QED) is 0.419. The summed E-state index contributed by atoms with van der Waals surface area (Å²) in [7, 11) is 0. The largest absolute Gasteiger partial charge is 0.466 e. The maximum Gasteiger partial charge on any atom is 0.338 e. The first kappa shape index (κ1) is 12.3. The van der Waals surface area contributed by atoms with Gasteiger partial charge in [0.05, 0.1) is 18.4 Å². The molecule has 0 saturated carbocycles. The van der Waals surface area contributed by atoms with E-state index in [0.29, 0.717) is 17.9 Å². The molecule has 3 nitrogen and oxygen atoms in total. The fourth-order valence-corrected chi connectivity index (χ4v) is 1.16. The zero-order valence-corrected chi connectivity index (χ0v) is 9.44. The fraction of sp³-hybridized carbons (Fsp3) is 0.308. The van der Waals surface area contributed by atoms with E-state index in [9.17, 15) is 4.79 Å². The van der Waals surface area contributed by atoms with E-state index < -0.39 is 0 Å². The Bertz CT molecular complexity index is 341. The molecule has 0 N–H and O–H groups in total. The molecule has 0 heterocycles. The molecule has 0 atom stereocenters. The van der Waals surface area contributed by atoms with Crippen LogP contribution in [0, 0.1) is 0 Å². The van der Waals surface area contributed by atoms with Crippen molar-refractivity contribution in [1.29, 1.82) is 0 Å². The van der Waals surface area contributed by atoms with Crippen molar-refractivity contribution >= 4 is 5.97 Å². The molecule has 1 rings (SSSR count). The Hall–Kier alpha value is -1.77. The summed E-state index contributed by atoms with van der Waals surface area (Å²) >= 11 is 0. The summed E-state index contributed by atoms with van der Waals surface area (Å²) < 4.78 is 10.1. The third kappa shape index (κ3) is 3.77. The second-order valence-corrected chi connectivity index (χ2v) is 3.30. The van der Waals surface area contributed by atoms with Crippen LogP contribution in [0.1, 0.15) is 30.1 Å². The van der Waals surface area contributed by atoms with Crippen LogP contribution in [0.25, 0.3) is 0 Å². The molecule has 0 radical (unpaired) electrons. The van der Waals surface area contributed by atoms with E-state index in [1.165, 1.54) is 6.26 Å². The minimum Gasteiger partial charge on any atom is -0.466 e. The van der Waals surface area contributed by atoms with Gasteiger partial charge in [-0.05, 0) is 30.7 Å². The zero-order valence-electron chi connectivity index (χ0n) is 9.44. The van der Waals surface area contributed by atoms with Gasteiger partial charge in [-0.1, -0.05) is 19.9 Å². The second-order valence-electron chi connectivity index (χ2n) is 3.30. The van der Waals surface area contributed by atoms with Crippen LogP contribution in [0.3, 0.4) is 0 Å². The molecule has 0 amide bonds. The predicted molar refractivity (Wildman–Crippen MR) is 62.5 cm³/mol. The maximum absolute atomic E-state index is 11.5. The third-order valence-corrected chi connectivity index (χ3v) is 2.04. The number of carbonyl (C=O) groups is 1. The summed E-state index contributed by atoms with van der Waals surface area (Å²) in [4.78, 5) is 11.5. The number of ether oxygens (including phenoxy) is 2. The molecule has 0 saturated heterocycles. The molecule has 3 heteroatoms. The Balaban J connectivity index is 2.52. The normalized spacial score (nSPS) is 9.56. The lowest BCUT2D eigenvalue weighted by molar-refractivity contribution is 0.0500. The minimum atomic E-state index is -0.293. The summed E-state index contributed by atoms with van der Waals surface area (Å²) in [5.74, 6) is 0.360. The summed E-state index contributed by atoms with van der Waals surface area (Å²) in [6.07, 6.45) is 3.25. The van der Waals surface area contributed by atoms with Crippen LogP contribution < -0.4 is 4.74 Å². The van der Waals surface area contributed by atoms with Crippen molar-refractivity contribution in [2.75, 3.05) is 6.61 Å². The zero-order chi connectivity index (χ0) is 11.8. The molecular formula is C13H16O3. The van der Waals surface area contributed by atoms with Gasteiger partial charge in [-0.15, -0.1) is 0 Å². The number of hydrogen-bond acceptors (Lipinski definition) is 3.